The van der Waals surface area contributed by atoms with Crippen LogP contribution in [0.1, 0.15) is 11.1 Å². The summed E-state index contributed by atoms with van der Waals surface area (Å²) >= 11 is 5.96. The summed E-state index contributed by atoms with van der Waals surface area (Å²) in [5, 5.41) is 1.14. The van der Waals surface area contributed by atoms with E-state index in [-0.39, 0.29) is 11.2 Å². The summed E-state index contributed by atoms with van der Waals surface area (Å²) in [6.45, 7) is 1.80. The van der Waals surface area contributed by atoms with Crippen LogP contribution in [0.15, 0.2) is 76.1 Å². The maximum absolute atomic E-state index is 13.1. The lowest BCUT2D eigenvalue weighted by molar-refractivity contribution is 0.0968. The van der Waals surface area contributed by atoms with Crippen LogP contribution in [0.25, 0.3) is 22.1 Å². The molecule has 4 aromatic rings. The maximum atomic E-state index is 13.1. The topological polar surface area (TPSA) is 42.7 Å². The average Bonchev–Trinajstić information content (AvgIpc) is 2.79. The molecule has 31 heavy (non-hydrogen) atoms. The molecule has 0 bridgehead atoms. The van der Waals surface area contributed by atoms with Gasteiger partial charge in [0.1, 0.15) is 30.1 Å². The minimum Gasteiger partial charge on any atom is -0.478 e. The minimum absolute atomic E-state index is 0.0881. The molecule has 0 radical (unpaired) electrons. The van der Waals surface area contributed by atoms with E-state index in [2.05, 4.69) is 4.90 Å². The third-order valence-corrected chi connectivity index (χ3v) is 5.82. The molecule has 0 spiro atoms. The molecule has 3 aromatic carbocycles. The van der Waals surface area contributed by atoms with Crippen molar-refractivity contribution in [3.8, 4) is 16.9 Å². The number of hydrogen-bond donors (Lipinski definition) is 0. The van der Waals surface area contributed by atoms with E-state index in [1.807, 2.05) is 6.07 Å². The highest BCUT2D eigenvalue weighted by atomic mass is 35.5. The van der Waals surface area contributed by atoms with Gasteiger partial charge >= 0.3 is 0 Å². The SMILES string of the molecule is O=c1c(-c2ccc(Cl)cc2)coc2c3c(ccc12)OCN(CCc1ccc(F)cc1)C3. The first-order valence-electron chi connectivity index (χ1n) is 10.0. The first-order valence-corrected chi connectivity index (χ1v) is 10.4. The molecule has 5 rings (SSSR count). The quantitative estimate of drug-likeness (QED) is 0.415. The average molecular weight is 436 g/mol. The molecule has 4 nitrogen and oxygen atoms in total. The lowest BCUT2D eigenvalue weighted by Gasteiger charge is -2.29. The van der Waals surface area contributed by atoms with Crippen LogP contribution in [-0.2, 0) is 13.0 Å². The van der Waals surface area contributed by atoms with Crippen molar-refractivity contribution >= 4 is 22.6 Å². The lowest BCUT2D eigenvalue weighted by atomic mass is 10.0. The molecule has 0 saturated heterocycles. The number of hydrogen-bond acceptors (Lipinski definition) is 4. The Balaban J connectivity index is 1.43. The van der Waals surface area contributed by atoms with E-state index in [1.165, 1.54) is 18.4 Å². The van der Waals surface area contributed by atoms with Crippen LogP contribution in [0.2, 0.25) is 5.02 Å². The van der Waals surface area contributed by atoms with Crippen molar-refractivity contribution in [2.45, 2.75) is 13.0 Å². The zero-order chi connectivity index (χ0) is 21.4. The van der Waals surface area contributed by atoms with E-state index in [4.69, 9.17) is 20.8 Å². The Kier molecular flexibility index (Phi) is 5.22. The van der Waals surface area contributed by atoms with Gasteiger partial charge in [-0.1, -0.05) is 35.9 Å². The molecule has 156 valence electrons. The highest BCUT2D eigenvalue weighted by Crippen LogP contribution is 2.32. The zero-order valence-corrected chi connectivity index (χ0v) is 17.4. The van der Waals surface area contributed by atoms with Crippen molar-refractivity contribution in [3.63, 3.8) is 0 Å². The van der Waals surface area contributed by atoms with Gasteiger partial charge in [0.2, 0.25) is 5.43 Å². The smallest absolute Gasteiger partial charge is 0.200 e. The fraction of sp³-hybridized carbons (Fsp3) is 0.160. The number of ether oxygens (including phenoxy) is 1. The number of fused-ring (bicyclic) bond motifs is 3. The van der Waals surface area contributed by atoms with Gasteiger partial charge in [0, 0.05) is 18.1 Å². The second-order valence-electron chi connectivity index (χ2n) is 7.61. The molecular weight excluding hydrogens is 417 g/mol. The van der Waals surface area contributed by atoms with Gasteiger partial charge in [0.05, 0.1) is 16.5 Å². The first kappa shape index (κ1) is 19.8. The van der Waals surface area contributed by atoms with Crippen molar-refractivity contribution < 1.29 is 13.5 Å². The molecule has 0 fully saturated rings. The van der Waals surface area contributed by atoms with Gasteiger partial charge in [0.25, 0.3) is 0 Å². The molecule has 0 amide bonds. The van der Waals surface area contributed by atoms with Gasteiger partial charge in [-0.2, -0.15) is 0 Å². The van der Waals surface area contributed by atoms with Crippen LogP contribution < -0.4 is 10.2 Å². The number of rotatable bonds is 4. The number of halogens is 2. The molecule has 0 unspecified atom stereocenters. The highest BCUT2D eigenvalue weighted by molar-refractivity contribution is 6.30. The first-order chi connectivity index (χ1) is 15.1. The summed E-state index contributed by atoms with van der Waals surface area (Å²) in [4.78, 5) is 15.3. The Morgan fingerprint density at radius 3 is 2.55 bits per heavy atom. The predicted octanol–water partition coefficient (Wildman–Crippen LogP) is 5.65. The Morgan fingerprint density at radius 2 is 1.77 bits per heavy atom. The Morgan fingerprint density at radius 1 is 1.00 bits per heavy atom. The van der Waals surface area contributed by atoms with E-state index in [1.54, 1.807) is 42.5 Å². The van der Waals surface area contributed by atoms with Crippen molar-refractivity contribution in [2.24, 2.45) is 0 Å². The molecule has 6 heteroatoms. The van der Waals surface area contributed by atoms with Gasteiger partial charge < -0.3 is 9.15 Å². The molecule has 2 heterocycles. The van der Waals surface area contributed by atoms with Crippen LogP contribution in [0.4, 0.5) is 4.39 Å². The van der Waals surface area contributed by atoms with Gasteiger partial charge in [0.15, 0.2) is 0 Å². The normalized spacial score (nSPS) is 13.7. The summed E-state index contributed by atoms with van der Waals surface area (Å²) in [6.07, 6.45) is 2.28. The number of nitrogens with zero attached hydrogens (tertiary/aromatic N) is 1. The van der Waals surface area contributed by atoms with Crippen LogP contribution in [0, 0.1) is 5.82 Å². The second-order valence-corrected chi connectivity index (χ2v) is 8.04. The van der Waals surface area contributed by atoms with Gasteiger partial charge in [-0.05, 0) is 53.9 Å². The van der Waals surface area contributed by atoms with E-state index in [0.717, 1.165) is 35.4 Å². The van der Waals surface area contributed by atoms with E-state index in [0.29, 0.717) is 34.8 Å². The Hall–Kier alpha value is -3.15. The molecule has 0 N–H and O–H groups in total. The maximum Gasteiger partial charge on any atom is 0.200 e. The molecule has 0 aliphatic carbocycles. The minimum atomic E-state index is -0.238. The second kappa shape index (κ2) is 8.17. The highest BCUT2D eigenvalue weighted by Gasteiger charge is 2.22. The van der Waals surface area contributed by atoms with E-state index in [9.17, 15) is 9.18 Å². The molecule has 1 aromatic heterocycles. The largest absolute Gasteiger partial charge is 0.478 e. The molecule has 0 saturated carbocycles. The van der Waals surface area contributed by atoms with Crippen LogP contribution >= 0.6 is 11.6 Å². The van der Waals surface area contributed by atoms with Crippen molar-refractivity contribution in [1.29, 1.82) is 0 Å². The van der Waals surface area contributed by atoms with E-state index >= 15 is 0 Å². The monoisotopic (exact) mass is 435 g/mol. The van der Waals surface area contributed by atoms with Crippen LogP contribution in [-0.4, -0.2) is 18.2 Å². The zero-order valence-electron chi connectivity index (χ0n) is 16.6. The molecule has 1 aliphatic heterocycles. The molecule has 1 aliphatic rings. The summed E-state index contributed by atoms with van der Waals surface area (Å²) in [6, 6.07) is 17.2. The fourth-order valence-corrected chi connectivity index (χ4v) is 3.99. The summed E-state index contributed by atoms with van der Waals surface area (Å²) in [7, 11) is 0. The molecule has 0 atom stereocenters. The van der Waals surface area contributed by atoms with Crippen LogP contribution in [0.3, 0.4) is 0 Å². The van der Waals surface area contributed by atoms with Crippen molar-refractivity contribution in [3.05, 3.63) is 99.1 Å². The summed E-state index contributed by atoms with van der Waals surface area (Å²) < 4.78 is 25.0. The summed E-state index contributed by atoms with van der Waals surface area (Å²) in [5.41, 5.74) is 3.64. The standard InChI is InChI=1S/C25H19ClFNO3/c26-18-5-3-17(4-6-18)22-14-30-25-20(24(22)29)9-10-23-21(25)13-28(15-31-23)12-11-16-1-7-19(27)8-2-16/h1-10,14H,11-13,15H2. The predicted molar refractivity (Wildman–Crippen MR) is 119 cm³/mol. The molecular formula is C25H19ClFNO3. The third-order valence-electron chi connectivity index (χ3n) is 5.57. The Labute approximate surface area is 183 Å². The van der Waals surface area contributed by atoms with Crippen molar-refractivity contribution in [1.82, 2.24) is 4.90 Å². The summed E-state index contributed by atoms with van der Waals surface area (Å²) in [5.74, 6) is 0.492. The van der Waals surface area contributed by atoms with Gasteiger partial charge in [-0.15, -0.1) is 0 Å². The van der Waals surface area contributed by atoms with Crippen LogP contribution in [0.5, 0.6) is 5.75 Å². The van der Waals surface area contributed by atoms with Gasteiger partial charge in [-0.25, -0.2) is 4.39 Å². The van der Waals surface area contributed by atoms with E-state index < -0.39 is 0 Å². The fourth-order valence-electron chi connectivity index (χ4n) is 3.87. The number of benzene rings is 3. The van der Waals surface area contributed by atoms with Crippen molar-refractivity contribution in [2.75, 3.05) is 13.3 Å². The lowest BCUT2D eigenvalue weighted by Crippen LogP contribution is -2.33. The third kappa shape index (κ3) is 3.94. The Bertz CT molecular complexity index is 1300. The van der Waals surface area contributed by atoms with Gasteiger partial charge in [-0.3, -0.25) is 9.69 Å².